The number of ether oxygens (including phenoxy) is 2. The number of carbonyl (C=O) groups is 1. The molecule has 2 aliphatic heterocycles. The second-order valence-electron chi connectivity index (χ2n) is 5.35. The minimum absolute atomic E-state index is 0.0944. The van der Waals surface area contributed by atoms with Crippen LogP contribution in [0.25, 0.3) is 0 Å². The summed E-state index contributed by atoms with van der Waals surface area (Å²) in [5, 5.41) is 9.58. The molecule has 3 rings (SSSR count). The molecule has 21 heavy (non-hydrogen) atoms. The number of carbonyl (C=O) groups excluding carboxylic acids is 1. The molecule has 0 aliphatic carbocycles. The first-order valence-corrected chi connectivity index (χ1v) is 7.40. The molecule has 3 N–H and O–H groups in total. The molecule has 1 atom stereocenters. The maximum Gasteiger partial charge on any atom is 0.231 e. The second kappa shape index (κ2) is 6.78. The first kappa shape index (κ1) is 14.2. The number of piperazine rings is 1. The van der Waals surface area contributed by atoms with Crippen molar-refractivity contribution in [2.24, 2.45) is 0 Å². The Balaban J connectivity index is 1.40. The number of benzene rings is 1. The predicted octanol–water partition coefficient (Wildman–Crippen LogP) is 0.0255. The summed E-state index contributed by atoms with van der Waals surface area (Å²) in [5.74, 6) is 1.67. The van der Waals surface area contributed by atoms with Gasteiger partial charge in [0.2, 0.25) is 12.7 Å². The lowest BCUT2D eigenvalue weighted by Gasteiger charge is -2.23. The topological polar surface area (TPSA) is 71.6 Å². The van der Waals surface area contributed by atoms with Crippen molar-refractivity contribution in [3.63, 3.8) is 0 Å². The third kappa shape index (κ3) is 3.86. The molecular weight excluding hydrogens is 270 g/mol. The first-order chi connectivity index (χ1) is 10.3. The number of rotatable bonds is 5. The molecule has 1 unspecified atom stereocenters. The Morgan fingerprint density at radius 2 is 2.19 bits per heavy atom. The Labute approximate surface area is 124 Å². The highest BCUT2D eigenvalue weighted by molar-refractivity contribution is 5.76. The molecule has 114 valence electrons. The van der Waals surface area contributed by atoms with Gasteiger partial charge in [-0.25, -0.2) is 0 Å². The van der Waals surface area contributed by atoms with E-state index in [4.69, 9.17) is 9.47 Å². The van der Waals surface area contributed by atoms with Crippen LogP contribution < -0.4 is 25.4 Å². The number of amides is 1. The van der Waals surface area contributed by atoms with E-state index in [1.165, 1.54) is 0 Å². The van der Waals surface area contributed by atoms with Gasteiger partial charge in [-0.1, -0.05) is 6.07 Å². The fraction of sp³-hybridized carbons (Fsp3) is 0.533. The highest BCUT2D eigenvalue weighted by atomic mass is 16.7. The lowest BCUT2D eigenvalue weighted by molar-refractivity contribution is -0.121. The Morgan fingerprint density at radius 3 is 3.05 bits per heavy atom. The van der Waals surface area contributed by atoms with Gasteiger partial charge in [0.25, 0.3) is 0 Å². The van der Waals surface area contributed by atoms with Gasteiger partial charge in [-0.3, -0.25) is 4.79 Å². The van der Waals surface area contributed by atoms with Crippen LogP contribution in [0.3, 0.4) is 0 Å². The summed E-state index contributed by atoms with van der Waals surface area (Å²) in [6.45, 7) is 3.68. The zero-order chi connectivity index (χ0) is 14.5. The van der Waals surface area contributed by atoms with Crippen LogP contribution in [0.1, 0.15) is 12.0 Å². The number of hydrogen-bond acceptors (Lipinski definition) is 5. The van der Waals surface area contributed by atoms with E-state index in [-0.39, 0.29) is 18.7 Å². The van der Waals surface area contributed by atoms with Crippen molar-refractivity contribution in [2.75, 3.05) is 33.0 Å². The molecule has 0 spiro atoms. The maximum absolute atomic E-state index is 11.9. The van der Waals surface area contributed by atoms with Crippen LogP contribution in [0, 0.1) is 0 Å². The molecule has 6 heteroatoms. The van der Waals surface area contributed by atoms with Gasteiger partial charge < -0.3 is 25.4 Å². The largest absolute Gasteiger partial charge is 0.454 e. The van der Waals surface area contributed by atoms with E-state index in [9.17, 15) is 4.79 Å². The standard InChI is InChI=1S/C15H21N3O3/c19-15(8-12-9-16-5-6-17-12)18-4-3-11-1-2-13-14(7-11)21-10-20-13/h1-2,7,12,16-17H,3-6,8-10H2,(H,18,19). The summed E-state index contributed by atoms with van der Waals surface area (Å²) < 4.78 is 10.6. The quantitative estimate of drug-likeness (QED) is 0.714. The minimum atomic E-state index is 0.0944. The van der Waals surface area contributed by atoms with Crippen LogP contribution >= 0.6 is 0 Å². The molecule has 1 saturated heterocycles. The first-order valence-electron chi connectivity index (χ1n) is 7.40. The van der Waals surface area contributed by atoms with E-state index in [0.717, 1.165) is 43.1 Å². The van der Waals surface area contributed by atoms with Crippen molar-refractivity contribution in [3.8, 4) is 11.5 Å². The van der Waals surface area contributed by atoms with E-state index < -0.39 is 0 Å². The maximum atomic E-state index is 11.9. The molecule has 1 amide bonds. The van der Waals surface area contributed by atoms with E-state index in [2.05, 4.69) is 16.0 Å². The molecule has 0 radical (unpaired) electrons. The van der Waals surface area contributed by atoms with Gasteiger partial charge in [-0.2, -0.15) is 0 Å². The normalized spacial score (nSPS) is 20.3. The Morgan fingerprint density at radius 1 is 1.29 bits per heavy atom. The van der Waals surface area contributed by atoms with E-state index in [1.807, 2.05) is 18.2 Å². The van der Waals surface area contributed by atoms with Gasteiger partial charge in [-0.05, 0) is 24.1 Å². The zero-order valence-electron chi connectivity index (χ0n) is 12.0. The van der Waals surface area contributed by atoms with Crippen molar-refractivity contribution < 1.29 is 14.3 Å². The lowest BCUT2D eigenvalue weighted by Crippen LogP contribution is -2.50. The average Bonchev–Trinajstić information content (AvgIpc) is 2.96. The van der Waals surface area contributed by atoms with Crippen molar-refractivity contribution in [1.82, 2.24) is 16.0 Å². The van der Waals surface area contributed by atoms with Gasteiger partial charge in [-0.15, -0.1) is 0 Å². The highest BCUT2D eigenvalue weighted by Crippen LogP contribution is 2.32. The zero-order valence-corrected chi connectivity index (χ0v) is 12.0. The molecular formula is C15H21N3O3. The van der Waals surface area contributed by atoms with Crippen LogP contribution in [0.4, 0.5) is 0 Å². The van der Waals surface area contributed by atoms with Gasteiger partial charge in [0.05, 0.1) is 0 Å². The summed E-state index contributed by atoms with van der Waals surface area (Å²) in [7, 11) is 0. The molecule has 1 fully saturated rings. The molecule has 0 saturated carbocycles. The SMILES string of the molecule is O=C(CC1CNCCN1)NCCc1ccc2c(c1)OCO2. The monoisotopic (exact) mass is 291 g/mol. The molecule has 2 aliphatic rings. The van der Waals surface area contributed by atoms with Gasteiger partial charge >= 0.3 is 0 Å². The molecule has 0 bridgehead atoms. The number of fused-ring (bicyclic) bond motifs is 1. The molecule has 2 heterocycles. The van der Waals surface area contributed by atoms with Crippen LogP contribution in [0.5, 0.6) is 11.5 Å². The smallest absolute Gasteiger partial charge is 0.231 e. The van der Waals surface area contributed by atoms with Gasteiger partial charge in [0.15, 0.2) is 11.5 Å². The fourth-order valence-electron chi connectivity index (χ4n) is 2.60. The van der Waals surface area contributed by atoms with E-state index in [0.29, 0.717) is 13.0 Å². The molecule has 1 aromatic carbocycles. The van der Waals surface area contributed by atoms with Crippen molar-refractivity contribution in [2.45, 2.75) is 18.9 Å². The Bertz CT molecular complexity index is 501. The van der Waals surface area contributed by atoms with Crippen LogP contribution in [-0.2, 0) is 11.2 Å². The number of nitrogens with one attached hydrogen (secondary N) is 3. The van der Waals surface area contributed by atoms with Crippen molar-refractivity contribution in [1.29, 1.82) is 0 Å². The van der Waals surface area contributed by atoms with Crippen LogP contribution in [-0.4, -0.2) is 44.9 Å². The van der Waals surface area contributed by atoms with Gasteiger partial charge in [0.1, 0.15) is 0 Å². The number of hydrogen-bond donors (Lipinski definition) is 3. The minimum Gasteiger partial charge on any atom is -0.454 e. The predicted molar refractivity (Wildman–Crippen MR) is 78.6 cm³/mol. The fourth-order valence-corrected chi connectivity index (χ4v) is 2.60. The molecule has 1 aromatic rings. The molecule has 6 nitrogen and oxygen atoms in total. The van der Waals surface area contributed by atoms with E-state index in [1.54, 1.807) is 0 Å². The summed E-state index contributed by atoms with van der Waals surface area (Å²) in [6.07, 6.45) is 1.31. The lowest BCUT2D eigenvalue weighted by atomic mass is 10.1. The summed E-state index contributed by atoms with van der Waals surface area (Å²) in [4.78, 5) is 11.9. The van der Waals surface area contributed by atoms with Crippen molar-refractivity contribution in [3.05, 3.63) is 23.8 Å². The Kier molecular flexibility index (Phi) is 4.57. The van der Waals surface area contributed by atoms with Crippen molar-refractivity contribution >= 4 is 5.91 Å². The average molecular weight is 291 g/mol. The third-order valence-electron chi connectivity index (χ3n) is 3.73. The summed E-state index contributed by atoms with van der Waals surface area (Å²) in [5.41, 5.74) is 1.14. The van der Waals surface area contributed by atoms with Gasteiger partial charge in [0, 0.05) is 38.6 Å². The van der Waals surface area contributed by atoms with Crippen LogP contribution in [0.2, 0.25) is 0 Å². The summed E-state index contributed by atoms with van der Waals surface area (Å²) in [6, 6.07) is 6.13. The second-order valence-corrected chi connectivity index (χ2v) is 5.35. The third-order valence-corrected chi connectivity index (χ3v) is 3.73. The van der Waals surface area contributed by atoms with Crippen LogP contribution in [0.15, 0.2) is 18.2 Å². The molecule has 0 aromatic heterocycles. The summed E-state index contributed by atoms with van der Waals surface area (Å²) >= 11 is 0. The Hall–Kier alpha value is -1.79. The highest BCUT2D eigenvalue weighted by Gasteiger charge is 2.16. The van der Waals surface area contributed by atoms with E-state index >= 15 is 0 Å².